The van der Waals surface area contributed by atoms with E-state index >= 15 is 0 Å². The third-order valence-corrected chi connectivity index (χ3v) is 3.09. The minimum absolute atomic E-state index is 0.193. The van der Waals surface area contributed by atoms with Crippen LogP contribution in [0.5, 0.6) is 5.75 Å². The maximum Gasteiger partial charge on any atom is 0.139 e. The quantitative estimate of drug-likeness (QED) is 0.917. The summed E-state index contributed by atoms with van der Waals surface area (Å²) in [4.78, 5) is 0. The molecule has 0 aliphatic rings. The number of hydrogen-bond acceptors (Lipinski definition) is 2. The van der Waals surface area contributed by atoms with Gasteiger partial charge in [0.15, 0.2) is 0 Å². The zero-order valence-corrected chi connectivity index (χ0v) is 11.2. The third kappa shape index (κ3) is 3.39. The topological polar surface area (TPSA) is 35.2 Å². The lowest BCUT2D eigenvalue weighted by molar-refractivity contribution is 0.291. The smallest absolute Gasteiger partial charge is 0.139 e. The molecule has 1 unspecified atom stereocenters. The van der Waals surface area contributed by atoms with Crippen LogP contribution in [0.2, 0.25) is 10.0 Å². The standard InChI is InChI=1S/C14H13Cl2NO/c15-11-6-7-12(16)14(8-11)18-9-13(17)10-4-2-1-3-5-10/h1-8,13H,9,17H2. The van der Waals surface area contributed by atoms with E-state index in [0.29, 0.717) is 22.4 Å². The highest BCUT2D eigenvalue weighted by Crippen LogP contribution is 2.28. The Morgan fingerprint density at radius 1 is 1.06 bits per heavy atom. The molecule has 2 rings (SSSR count). The van der Waals surface area contributed by atoms with Crippen LogP contribution in [0.4, 0.5) is 0 Å². The maximum absolute atomic E-state index is 6.03. The predicted octanol–water partition coefficient (Wildman–Crippen LogP) is 4.07. The first kappa shape index (κ1) is 13.2. The van der Waals surface area contributed by atoms with E-state index in [1.54, 1.807) is 18.2 Å². The first-order chi connectivity index (χ1) is 8.66. The van der Waals surface area contributed by atoms with E-state index in [0.717, 1.165) is 5.56 Å². The molecule has 94 valence electrons. The zero-order chi connectivity index (χ0) is 13.0. The number of ether oxygens (including phenoxy) is 1. The molecule has 0 radical (unpaired) electrons. The lowest BCUT2D eigenvalue weighted by Gasteiger charge is -2.14. The number of halogens is 2. The van der Waals surface area contributed by atoms with Gasteiger partial charge in [-0.05, 0) is 17.7 Å². The molecular formula is C14H13Cl2NO. The minimum Gasteiger partial charge on any atom is -0.490 e. The van der Waals surface area contributed by atoms with Gasteiger partial charge in [-0.1, -0.05) is 53.5 Å². The highest BCUT2D eigenvalue weighted by atomic mass is 35.5. The van der Waals surface area contributed by atoms with Crippen molar-refractivity contribution in [3.05, 3.63) is 64.1 Å². The summed E-state index contributed by atoms with van der Waals surface area (Å²) in [5.74, 6) is 0.551. The Balaban J connectivity index is 2.01. The fourth-order valence-corrected chi connectivity index (χ4v) is 1.90. The van der Waals surface area contributed by atoms with Crippen LogP contribution < -0.4 is 10.5 Å². The summed E-state index contributed by atoms with van der Waals surface area (Å²) < 4.78 is 5.59. The van der Waals surface area contributed by atoms with E-state index in [2.05, 4.69) is 0 Å². The first-order valence-electron chi connectivity index (χ1n) is 5.55. The number of rotatable bonds is 4. The van der Waals surface area contributed by atoms with Gasteiger partial charge in [-0.3, -0.25) is 0 Å². The average Bonchev–Trinajstić information content (AvgIpc) is 2.40. The SMILES string of the molecule is NC(COc1cc(Cl)ccc1Cl)c1ccccc1. The fraction of sp³-hybridized carbons (Fsp3) is 0.143. The van der Waals surface area contributed by atoms with Crippen LogP contribution in [-0.2, 0) is 0 Å². The van der Waals surface area contributed by atoms with Crippen LogP contribution >= 0.6 is 23.2 Å². The van der Waals surface area contributed by atoms with Crippen molar-refractivity contribution >= 4 is 23.2 Å². The molecule has 0 amide bonds. The molecule has 18 heavy (non-hydrogen) atoms. The lowest BCUT2D eigenvalue weighted by Crippen LogP contribution is -2.18. The molecule has 1 atom stereocenters. The van der Waals surface area contributed by atoms with Crippen LogP contribution in [-0.4, -0.2) is 6.61 Å². The van der Waals surface area contributed by atoms with E-state index in [1.165, 1.54) is 0 Å². The minimum atomic E-state index is -0.193. The van der Waals surface area contributed by atoms with Crippen molar-refractivity contribution in [1.82, 2.24) is 0 Å². The van der Waals surface area contributed by atoms with Crippen LogP contribution in [0.25, 0.3) is 0 Å². The van der Waals surface area contributed by atoms with Gasteiger partial charge in [-0.25, -0.2) is 0 Å². The molecule has 0 aromatic heterocycles. The van der Waals surface area contributed by atoms with Gasteiger partial charge in [0.05, 0.1) is 11.1 Å². The van der Waals surface area contributed by atoms with Crippen molar-refractivity contribution in [3.63, 3.8) is 0 Å². The summed E-state index contributed by atoms with van der Waals surface area (Å²) in [6.07, 6.45) is 0. The Labute approximate surface area is 116 Å². The Hall–Kier alpha value is -1.22. The Bertz CT molecular complexity index is 516. The van der Waals surface area contributed by atoms with Gasteiger partial charge < -0.3 is 10.5 Å². The Kier molecular flexibility index (Phi) is 4.48. The molecule has 0 aliphatic carbocycles. The summed E-state index contributed by atoms with van der Waals surface area (Å²) in [5.41, 5.74) is 7.05. The first-order valence-corrected chi connectivity index (χ1v) is 6.31. The lowest BCUT2D eigenvalue weighted by atomic mass is 10.1. The Morgan fingerprint density at radius 3 is 2.50 bits per heavy atom. The molecule has 0 aliphatic heterocycles. The average molecular weight is 282 g/mol. The normalized spacial score (nSPS) is 12.2. The van der Waals surface area contributed by atoms with Crippen LogP contribution in [0.3, 0.4) is 0 Å². The second kappa shape index (κ2) is 6.10. The van der Waals surface area contributed by atoms with Gasteiger partial charge in [0.25, 0.3) is 0 Å². The number of hydrogen-bond donors (Lipinski definition) is 1. The summed E-state index contributed by atoms with van der Waals surface area (Å²) in [5, 5.41) is 1.11. The van der Waals surface area contributed by atoms with Crippen molar-refractivity contribution < 1.29 is 4.74 Å². The molecule has 4 heteroatoms. The zero-order valence-electron chi connectivity index (χ0n) is 9.64. The summed E-state index contributed by atoms with van der Waals surface area (Å²) in [6.45, 7) is 0.351. The van der Waals surface area contributed by atoms with Gasteiger partial charge in [-0.15, -0.1) is 0 Å². The van der Waals surface area contributed by atoms with Crippen molar-refractivity contribution in [3.8, 4) is 5.75 Å². The molecule has 2 aromatic rings. The van der Waals surface area contributed by atoms with Crippen LogP contribution in [0.15, 0.2) is 48.5 Å². The maximum atomic E-state index is 6.03. The van der Waals surface area contributed by atoms with E-state index < -0.39 is 0 Å². The monoisotopic (exact) mass is 281 g/mol. The molecule has 2 N–H and O–H groups in total. The largest absolute Gasteiger partial charge is 0.490 e. The predicted molar refractivity (Wildman–Crippen MR) is 75.3 cm³/mol. The molecule has 0 saturated heterocycles. The fourth-order valence-electron chi connectivity index (χ4n) is 1.56. The van der Waals surface area contributed by atoms with Crippen LogP contribution in [0.1, 0.15) is 11.6 Å². The number of benzene rings is 2. The van der Waals surface area contributed by atoms with Crippen LogP contribution in [0, 0.1) is 0 Å². The highest BCUT2D eigenvalue weighted by molar-refractivity contribution is 6.34. The molecule has 2 aromatic carbocycles. The Morgan fingerprint density at radius 2 is 1.78 bits per heavy atom. The highest BCUT2D eigenvalue weighted by Gasteiger charge is 2.08. The molecule has 0 spiro atoms. The summed E-state index contributed by atoms with van der Waals surface area (Å²) in [6, 6.07) is 14.7. The summed E-state index contributed by atoms with van der Waals surface area (Å²) in [7, 11) is 0. The van der Waals surface area contributed by atoms with Gasteiger partial charge in [0.1, 0.15) is 12.4 Å². The van der Waals surface area contributed by atoms with Crippen molar-refractivity contribution in [1.29, 1.82) is 0 Å². The third-order valence-electron chi connectivity index (χ3n) is 2.54. The van der Waals surface area contributed by atoms with Crippen molar-refractivity contribution in [2.45, 2.75) is 6.04 Å². The molecule has 0 saturated carbocycles. The van der Waals surface area contributed by atoms with Gasteiger partial charge >= 0.3 is 0 Å². The van der Waals surface area contributed by atoms with E-state index in [9.17, 15) is 0 Å². The van der Waals surface area contributed by atoms with Gasteiger partial charge in [-0.2, -0.15) is 0 Å². The molecular weight excluding hydrogens is 269 g/mol. The van der Waals surface area contributed by atoms with Crippen molar-refractivity contribution in [2.75, 3.05) is 6.61 Å². The molecule has 0 fully saturated rings. The van der Waals surface area contributed by atoms with Gasteiger partial charge in [0.2, 0.25) is 0 Å². The van der Waals surface area contributed by atoms with Gasteiger partial charge in [0, 0.05) is 11.1 Å². The second-order valence-electron chi connectivity index (χ2n) is 3.90. The number of nitrogens with two attached hydrogens (primary N) is 1. The van der Waals surface area contributed by atoms with E-state index in [1.807, 2.05) is 30.3 Å². The molecule has 0 bridgehead atoms. The van der Waals surface area contributed by atoms with Crippen molar-refractivity contribution in [2.24, 2.45) is 5.73 Å². The summed E-state index contributed by atoms with van der Waals surface area (Å²) >= 11 is 11.9. The van der Waals surface area contributed by atoms with E-state index in [-0.39, 0.29) is 6.04 Å². The van der Waals surface area contributed by atoms with E-state index in [4.69, 9.17) is 33.7 Å². The molecule has 0 heterocycles. The molecule has 2 nitrogen and oxygen atoms in total. The second-order valence-corrected chi connectivity index (χ2v) is 4.75.